The molecule has 0 unspecified atom stereocenters. The third-order valence-electron chi connectivity index (χ3n) is 3.68. The van der Waals surface area contributed by atoms with E-state index in [0.717, 1.165) is 28.3 Å². The molecule has 1 aliphatic rings. The molecule has 9 heteroatoms. The van der Waals surface area contributed by atoms with E-state index < -0.39 is 0 Å². The van der Waals surface area contributed by atoms with Crippen LogP contribution < -0.4 is 21.7 Å². The van der Waals surface area contributed by atoms with Gasteiger partial charge in [-0.3, -0.25) is 0 Å². The summed E-state index contributed by atoms with van der Waals surface area (Å²) in [6.45, 7) is 3.85. The zero-order valence-corrected chi connectivity index (χ0v) is 14.3. The average Bonchev–Trinajstić information content (AvgIpc) is 3.10. The minimum atomic E-state index is 0.220. The number of anilines is 5. The molecule has 0 fully saturated rings. The number of benzene rings is 2. The van der Waals surface area contributed by atoms with E-state index >= 15 is 0 Å². The Kier molecular flexibility index (Phi) is 3.67. The SMILES string of the molecule is C=C1Nc2ccc(-c3c(Cl)cc(Nc4n[nH]c(N)n4)cc3Cl)cc2N1. The number of nitrogens with one attached hydrogen (secondary N) is 4. The maximum atomic E-state index is 6.47. The summed E-state index contributed by atoms with van der Waals surface area (Å²) < 4.78 is 0. The molecule has 0 spiro atoms. The predicted octanol–water partition coefficient (Wildman–Crippen LogP) is 4.41. The Hall–Kier alpha value is -2.90. The third kappa shape index (κ3) is 2.95. The highest BCUT2D eigenvalue weighted by atomic mass is 35.5. The van der Waals surface area contributed by atoms with Gasteiger partial charge in [-0.15, -0.1) is 5.10 Å². The molecule has 0 saturated heterocycles. The number of aromatic nitrogens is 3. The van der Waals surface area contributed by atoms with Crippen LogP contribution in [0.2, 0.25) is 10.0 Å². The van der Waals surface area contributed by atoms with Crippen molar-refractivity contribution in [2.45, 2.75) is 0 Å². The van der Waals surface area contributed by atoms with Crippen LogP contribution in [0.5, 0.6) is 0 Å². The summed E-state index contributed by atoms with van der Waals surface area (Å²) in [5.74, 6) is 1.29. The van der Waals surface area contributed by atoms with Gasteiger partial charge in [-0.05, 0) is 29.8 Å². The van der Waals surface area contributed by atoms with Gasteiger partial charge in [0, 0.05) is 11.3 Å². The van der Waals surface area contributed by atoms with Crippen LogP contribution >= 0.6 is 23.2 Å². The first-order valence-corrected chi connectivity index (χ1v) is 8.06. The van der Waals surface area contributed by atoms with Crippen LogP contribution in [-0.4, -0.2) is 15.2 Å². The van der Waals surface area contributed by atoms with Crippen LogP contribution in [0.25, 0.3) is 11.1 Å². The number of halogens is 2. The van der Waals surface area contributed by atoms with Gasteiger partial charge in [-0.2, -0.15) is 4.98 Å². The number of rotatable bonds is 3. The Morgan fingerprint density at radius 3 is 2.44 bits per heavy atom. The minimum absolute atomic E-state index is 0.220. The van der Waals surface area contributed by atoms with E-state index in [2.05, 4.69) is 37.7 Å². The van der Waals surface area contributed by atoms with Crippen molar-refractivity contribution in [2.75, 3.05) is 21.7 Å². The molecular formula is C16H13Cl2N7. The largest absolute Gasteiger partial charge is 0.368 e. The van der Waals surface area contributed by atoms with Crippen molar-refractivity contribution in [1.82, 2.24) is 15.2 Å². The van der Waals surface area contributed by atoms with E-state index in [9.17, 15) is 0 Å². The number of hydrogen-bond acceptors (Lipinski definition) is 6. The molecule has 2 aromatic carbocycles. The van der Waals surface area contributed by atoms with Gasteiger partial charge in [-0.25, -0.2) is 5.10 Å². The molecule has 0 aliphatic carbocycles. The number of nitrogens with zero attached hydrogens (tertiary/aromatic N) is 2. The Labute approximate surface area is 153 Å². The van der Waals surface area contributed by atoms with Gasteiger partial charge in [0.05, 0.1) is 21.4 Å². The van der Waals surface area contributed by atoms with Crippen LogP contribution in [0.3, 0.4) is 0 Å². The van der Waals surface area contributed by atoms with E-state index in [1.807, 2.05) is 18.2 Å². The van der Waals surface area contributed by atoms with Crippen molar-refractivity contribution < 1.29 is 0 Å². The second-order valence-corrected chi connectivity index (χ2v) is 6.29. The van der Waals surface area contributed by atoms with Crippen molar-refractivity contribution >= 4 is 52.2 Å². The normalized spacial score (nSPS) is 12.5. The van der Waals surface area contributed by atoms with Gasteiger partial charge in [-0.1, -0.05) is 35.8 Å². The van der Waals surface area contributed by atoms with Crippen LogP contribution in [0.15, 0.2) is 42.7 Å². The van der Waals surface area contributed by atoms with Crippen molar-refractivity contribution in [1.29, 1.82) is 0 Å². The van der Waals surface area contributed by atoms with Gasteiger partial charge in [0.15, 0.2) is 0 Å². The Bertz CT molecular complexity index is 973. The molecule has 6 N–H and O–H groups in total. The Morgan fingerprint density at radius 1 is 1.04 bits per heavy atom. The highest BCUT2D eigenvalue weighted by molar-refractivity contribution is 6.39. The van der Waals surface area contributed by atoms with Crippen LogP contribution in [-0.2, 0) is 0 Å². The minimum Gasteiger partial charge on any atom is -0.368 e. The van der Waals surface area contributed by atoms with E-state index in [0.29, 0.717) is 21.7 Å². The van der Waals surface area contributed by atoms with E-state index in [-0.39, 0.29) is 5.95 Å². The zero-order valence-electron chi connectivity index (χ0n) is 12.8. The van der Waals surface area contributed by atoms with Crippen molar-refractivity contribution in [3.63, 3.8) is 0 Å². The summed E-state index contributed by atoms with van der Waals surface area (Å²) in [5.41, 5.74) is 9.69. The molecule has 0 saturated carbocycles. The molecule has 126 valence electrons. The lowest BCUT2D eigenvalue weighted by Crippen LogP contribution is -1.95. The third-order valence-corrected chi connectivity index (χ3v) is 4.28. The summed E-state index contributed by atoms with van der Waals surface area (Å²) >= 11 is 12.9. The molecule has 3 aromatic rings. The van der Waals surface area contributed by atoms with E-state index in [1.54, 1.807) is 12.1 Å². The molecule has 7 nitrogen and oxygen atoms in total. The maximum Gasteiger partial charge on any atom is 0.248 e. The number of nitrogen functional groups attached to an aromatic ring is 1. The van der Waals surface area contributed by atoms with Gasteiger partial charge in [0.25, 0.3) is 0 Å². The monoisotopic (exact) mass is 373 g/mol. The molecule has 1 aromatic heterocycles. The second-order valence-electron chi connectivity index (χ2n) is 5.47. The zero-order chi connectivity index (χ0) is 17.6. The quantitative estimate of drug-likeness (QED) is 0.465. The van der Waals surface area contributed by atoms with Crippen LogP contribution in [0, 0.1) is 0 Å². The van der Waals surface area contributed by atoms with Crippen LogP contribution in [0.1, 0.15) is 0 Å². The second kappa shape index (κ2) is 5.87. The number of fused-ring (bicyclic) bond motifs is 1. The van der Waals surface area contributed by atoms with Crippen LogP contribution in [0.4, 0.5) is 29.0 Å². The summed E-state index contributed by atoms with van der Waals surface area (Å²) in [6.07, 6.45) is 0. The molecule has 0 bridgehead atoms. The Balaban J connectivity index is 1.69. The molecule has 4 rings (SSSR count). The topological polar surface area (TPSA) is 104 Å². The standard InChI is InChI=1S/C16H13Cl2N7/c1-7-20-12-3-2-8(4-13(12)21-7)14-10(17)5-9(6-11(14)18)22-16-23-15(19)24-25-16/h2-6,20-21H,1H2,(H4,19,22,23,24,25). The smallest absolute Gasteiger partial charge is 0.248 e. The average molecular weight is 374 g/mol. The summed E-state index contributed by atoms with van der Waals surface area (Å²) in [5, 5.41) is 16.8. The predicted molar refractivity (Wildman–Crippen MR) is 102 cm³/mol. The lowest BCUT2D eigenvalue weighted by Gasteiger charge is -2.11. The number of H-pyrrole nitrogens is 1. The highest BCUT2D eigenvalue weighted by Crippen LogP contribution is 2.41. The lowest BCUT2D eigenvalue weighted by molar-refractivity contribution is 1.10. The molecule has 0 atom stereocenters. The summed E-state index contributed by atoms with van der Waals surface area (Å²) in [4.78, 5) is 3.98. The van der Waals surface area contributed by atoms with Gasteiger partial charge in [0.1, 0.15) is 5.82 Å². The van der Waals surface area contributed by atoms with Crippen molar-refractivity contribution in [3.05, 3.63) is 52.8 Å². The van der Waals surface area contributed by atoms with Gasteiger partial charge in [0.2, 0.25) is 11.9 Å². The maximum absolute atomic E-state index is 6.47. The Morgan fingerprint density at radius 2 is 1.76 bits per heavy atom. The fourth-order valence-electron chi connectivity index (χ4n) is 2.65. The summed E-state index contributed by atoms with van der Waals surface area (Å²) in [7, 11) is 0. The fraction of sp³-hybridized carbons (Fsp3) is 0. The molecule has 1 aliphatic heterocycles. The first kappa shape index (κ1) is 15.6. The molecule has 25 heavy (non-hydrogen) atoms. The first-order chi connectivity index (χ1) is 12.0. The number of hydrogen-bond donors (Lipinski definition) is 5. The number of nitrogens with two attached hydrogens (primary N) is 1. The number of aromatic amines is 1. The molecular weight excluding hydrogens is 361 g/mol. The van der Waals surface area contributed by atoms with Gasteiger partial charge < -0.3 is 21.7 Å². The highest BCUT2D eigenvalue weighted by Gasteiger charge is 2.16. The van der Waals surface area contributed by atoms with E-state index in [1.165, 1.54) is 0 Å². The van der Waals surface area contributed by atoms with Gasteiger partial charge >= 0.3 is 0 Å². The molecule has 2 heterocycles. The van der Waals surface area contributed by atoms with Crippen molar-refractivity contribution in [3.8, 4) is 11.1 Å². The fourth-order valence-corrected chi connectivity index (χ4v) is 3.35. The molecule has 0 amide bonds. The first-order valence-electron chi connectivity index (χ1n) is 7.31. The lowest BCUT2D eigenvalue weighted by atomic mass is 10.0. The molecule has 0 radical (unpaired) electrons. The van der Waals surface area contributed by atoms with Crippen molar-refractivity contribution in [2.24, 2.45) is 0 Å². The van der Waals surface area contributed by atoms with E-state index in [4.69, 9.17) is 28.9 Å². The summed E-state index contributed by atoms with van der Waals surface area (Å²) in [6, 6.07) is 9.38.